The number of rotatable bonds is 3. The van der Waals surface area contributed by atoms with Crippen LogP contribution in [0.2, 0.25) is 5.02 Å². The molecule has 0 radical (unpaired) electrons. The molecule has 2 rings (SSSR count). The van der Waals surface area contributed by atoms with Crippen molar-refractivity contribution in [1.29, 1.82) is 0 Å². The van der Waals surface area contributed by atoms with Crippen molar-refractivity contribution in [2.75, 3.05) is 5.32 Å². The molecule has 21 heavy (non-hydrogen) atoms. The van der Waals surface area contributed by atoms with E-state index in [1.54, 1.807) is 0 Å². The average molecular weight is 325 g/mol. The Hall–Kier alpha value is -2.18. The second kappa shape index (κ2) is 6.07. The fraction of sp³-hybridized carbons (Fsp3) is 0. The first-order valence-corrected chi connectivity index (χ1v) is 6.56. The van der Waals surface area contributed by atoms with Crippen LogP contribution in [-0.2, 0) is 0 Å². The number of phenols is 1. The molecule has 2 aromatic rings. The van der Waals surface area contributed by atoms with Crippen LogP contribution in [0.15, 0.2) is 36.4 Å². The molecule has 0 bridgehead atoms. The van der Waals surface area contributed by atoms with Gasteiger partial charge in [0.1, 0.15) is 16.6 Å². The van der Waals surface area contributed by atoms with Crippen LogP contribution in [0.5, 0.6) is 5.75 Å². The van der Waals surface area contributed by atoms with E-state index in [9.17, 15) is 14.3 Å². The zero-order valence-corrected chi connectivity index (χ0v) is 12.1. The third-order valence-corrected chi connectivity index (χ3v) is 3.15. The van der Waals surface area contributed by atoms with Gasteiger partial charge in [-0.1, -0.05) is 23.8 Å². The number of nitrogens with two attached hydrogens (primary N) is 1. The molecule has 0 saturated carbocycles. The van der Waals surface area contributed by atoms with Gasteiger partial charge >= 0.3 is 0 Å². The van der Waals surface area contributed by atoms with Crippen LogP contribution in [-0.4, -0.2) is 16.0 Å². The number of hydrogen-bond acceptors (Lipinski definition) is 3. The molecule has 108 valence electrons. The molecule has 0 fully saturated rings. The molecule has 2 aromatic carbocycles. The number of thiocarbonyl (C=S) groups is 1. The Kier molecular flexibility index (Phi) is 4.40. The molecule has 0 spiro atoms. The van der Waals surface area contributed by atoms with Gasteiger partial charge in [0.25, 0.3) is 5.91 Å². The van der Waals surface area contributed by atoms with Crippen molar-refractivity contribution in [2.24, 2.45) is 5.73 Å². The summed E-state index contributed by atoms with van der Waals surface area (Å²) in [5.74, 6) is -1.39. The summed E-state index contributed by atoms with van der Waals surface area (Å²) in [6, 6.07) is 7.93. The van der Waals surface area contributed by atoms with Crippen molar-refractivity contribution >= 4 is 40.4 Å². The Labute approximate surface area is 130 Å². The molecule has 4 N–H and O–H groups in total. The van der Waals surface area contributed by atoms with Crippen LogP contribution in [0.25, 0.3) is 0 Å². The number of nitrogens with one attached hydrogen (secondary N) is 1. The molecule has 0 atom stereocenters. The maximum atomic E-state index is 13.5. The van der Waals surface area contributed by atoms with Crippen molar-refractivity contribution in [3.05, 3.63) is 58.4 Å². The fourth-order valence-electron chi connectivity index (χ4n) is 1.69. The van der Waals surface area contributed by atoms with Crippen LogP contribution >= 0.6 is 23.8 Å². The third-order valence-electron chi connectivity index (χ3n) is 2.69. The first-order chi connectivity index (χ1) is 9.88. The molecule has 0 aliphatic heterocycles. The molecular formula is C14H10ClFN2O2S. The molecule has 0 aliphatic rings. The highest BCUT2D eigenvalue weighted by Gasteiger charge is 2.13. The number of carbonyl (C=O) groups is 1. The molecule has 1 amide bonds. The van der Waals surface area contributed by atoms with Gasteiger partial charge in [0, 0.05) is 16.3 Å². The molecular weight excluding hydrogens is 315 g/mol. The molecule has 0 heterocycles. The van der Waals surface area contributed by atoms with Gasteiger partial charge in [-0.2, -0.15) is 0 Å². The second-order valence-corrected chi connectivity index (χ2v) is 5.05. The van der Waals surface area contributed by atoms with E-state index in [-0.39, 0.29) is 21.9 Å². The van der Waals surface area contributed by atoms with Crippen LogP contribution < -0.4 is 11.1 Å². The van der Waals surface area contributed by atoms with Gasteiger partial charge in [0.05, 0.1) is 5.56 Å². The van der Waals surface area contributed by atoms with Gasteiger partial charge in [-0.25, -0.2) is 4.39 Å². The Morgan fingerprint density at radius 3 is 2.57 bits per heavy atom. The van der Waals surface area contributed by atoms with Crippen molar-refractivity contribution in [3.8, 4) is 5.75 Å². The average Bonchev–Trinajstić information content (AvgIpc) is 2.40. The summed E-state index contributed by atoms with van der Waals surface area (Å²) in [4.78, 5) is 11.9. The Bertz CT molecular complexity index is 737. The van der Waals surface area contributed by atoms with Crippen LogP contribution in [0, 0.1) is 5.82 Å². The van der Waals surface area contributed by atoms with Gasteiger partial charge in [0.15, 0.2) is 0 Å². The summed E-state index contributed by atoms with van der Waals surface area (Å²) in [5, 5.41) is 12.5. The summed E-state index contributed by atoms with van der Waals surface area (Å²) < 4.78 is 13.5. The maximum absolute atomic E-state index is 13.5. The minimum Gasteiger partial charge on any atom is -0.507 e. The highest BCUT2D eigenvalue weighted by atomic mass is 35.5. The minimum absolute atomic E-state index is 0.0307. The van der Waals surface area contributed by atoms with Crippen molar-refractivity contribution in [3.63, 3.8) is 0 Å². The van der Waals surface area contributed by atoms with Crippen LogP contribution in [0.4, 0.5) is 10.1 Å². The number of phenolic OH excluding ortho intramolecular Hbond substituents is 1. The van der Waals surface area contributed by atoms with E-state index in [2.05, 4.69) is 5.32 Å². The molecule has 0 aromatic heterocycles. The van der Waals surface area contributed by atoms with Gasteiger partial charge < -0.3 is 16.2 Å². The topological polar surface area (TPSA) is 75.3 Å². The highest BCUT2D eigenvalue weighted by Crippen LogP contribution is 2.23. The first-order valence-electron chi connectivity index (χ1n) is 5.77. The summed E-state index contributed by atoms with van der Waals surface area (Å²) in [6.07, 6.45) is 0. The lowest BCUT2D eigenvalue weighted by molar-refractivity contribution is 0.102. The number of amides is 1. The number of aromatic hydroxyl groups is 1. The molecule has 0 saturated heterocycles. The molecule has 7 heteroatoms. The third kappa shape index (κ3) is 3.48. The van der Waals surface area contributed by atoms with E-state index >= 15 is 0 Å². The summed E-state index contributed by atoms with van der Waals surface area (Å²) in [6.45, 7) is 0. The molecule has 0 aliphatic carbocycles. The minimum atomic E-state index is -0.574. The van der Waals surface area contributed by atoms with E-state index in [1.165, 1.54) is 30.3 Å². The van der Waals surface area contributed by atoms with E-state index in [4.69, 9.17) is 29.6 Å². The van der Waals surface area contributed by atoms with Gasteiger partial charge in [-0.3, -0.25) is 4.79 Å². The van der Waals surface area contributed by atoms with Crippen molar-refractivity contribution < 1.29 is 14.3 Å². The van der Waals surface area contributed by atoms with E-state index in [0.717, 1.165) is 6.07 Å². The van der Waals surface area contributed by atoms with E-state index in [1.807, 2.05) is 0 Å². The number of benzene rings is 2. The Morgan fingerprint density at radius 2 is 1.95 bits per heavy atom. The largest absolute Gasteiger partial charge is 0.507 e. The molecule has 0 unspecified atom stereocenters. The van der Waals surface area contributed by atoms with E-state index < -0.39 is 11.7 Å². The lowest BCUT2D eigenvalue weighted by atomic mass is 10.1. The Morgan fingerprint density at radius 1 is 1.24 bits per heavy atom. The highest BCUT2D eigenvalue weighted by molar-refractivity contribution is 7.80. The van der Waals surface area contributed by atoms with Gasteiger partial charge in [-0.15, -0.1) is 0 Å². The maximum Gasteiger partial charge on any atom is 0.259 e. The van der Waals surface area contributed by atoms with Crippen LogP contribution in [0.3, 0.4) is 0 Å². The summed E-state index contributed by atoms with van der Waals surface area (Å²) >= 11 is 10.4. The van der Waals surface area contributed by atoms with Crippen molar-refractivity contribution in [2.45, 2.75) is 0 Å². The fourth-order valence-corrected chi connectivity index (χ4v) is 2.01. The lowest BCUT2D eigenvalue weighted by Gasteiger charge is -2.09. The van der Waals surface area contributed by atoms with E-state index in [0.29, 0.717) is 10.7 Å². The predicted molar refractivity (Wildman–Crippen MR) is 83.4 cm³/mol. The van der Waals surface area contributed by atoms with Gasteiger partial charge in [-0.05, 0) is 36.4 Å². The van der Waals surface area contributed by atoms with Crippen molar-refractivity contribution in [1.82, 2.24) is 0 Å². The van der Waals surface area contributed by atoms with Crippen LogP contribution in [0.1, 0.15) is 15.9 Å². The normalized spacial score (nSPS) is 10.2. The number of carbonyl (C=O) groups excluding carboxylic acids is 1. The quantitative estimate of drug-likeness (QED) is 0.758. The number of hydrogen-bond donors (Lipinski definition) is 3. The number of halogens is 2. The SMILES string of the molecule is NC(=S)c1cc(NC(=O)c2ccc(Cl)cc2O)ccc1F. The molecule has 4 nitrogen and oxygen atoms in total. The monoisotopic (exact) mass is 324 g/mol. The zero-order chi connectivity index (χ0) is 15.6. The first kappa shape index (κ1) is 15.2. The summed E-state index contributed by atoms with van der Waals surface area (Å²) in [5.41, 5.74) is 5.77. The zero-order valence-electron chi connectivity index (χ0n) is 10.6. The number of anilines is 1. The summed E-state index contributed by atoms with van der Waals surface area (Å²) in [7, 11) is 0. The second-order valence-electron chi connectivity index (χ2n) is 4.17. The Balaban J connectivity index is 2.27. The predicted octanol–water partition coefficient (Wildman–Crippen LogP) is 3.07. The smallest absolute Gasteiger partial charge is 0.259 e. The standard InChI is InChI=1S/C14H10ClFN2O2S/c15-7-1-3-9(12(19)5-7)14(20)18-8-2-4-11(16)10(6-8)13(17)21/h1-6,19H,(H2,17,21)(H,18,20). The lowest BCUT2D eigenvalue weighted by Crippen LogP contribution is -2.15. The van der Waals surface area contributed by atoms with Gasteiger partial charge in [0.2, 0.25) is 0 Å².